The summed E-state index contributed by atoms with van der Waals surface area (Å²) in [4.78, 5) is 2.45. The topological polar surface area (TPSA) is 15.3 Å². The van der Waals surface area contributed by atoms with Gasteiger partial charge < -0.3 is 10.2 Å². The van der Waals surface area contributed by atoms with Crippen molar-refractivity contribution < 1.29 is 0 Å². The van der Waals surface area contributed by atoms with Gasteiger partial charge >= 0.3 is 0 Å². The number of rotatable bonds is 2. The van der Waals surface area contributed by atoms with Gasteiger partial charge in [-0.15, -0.1) is 0 Å². The molecule has 1 atom stereocenters. The molecule has 0 aliphatic carbocycles. The molecule has 0 aromatic heterocycles. The summed E-state index contributed by atoms with van der Waals surface area (Å²) < 4.78 is 0. The fourth-order valence-corrected chi connectivity index (χ4v) is 1.99. The van der Waals surface area contributed by atoms with Gasteiger partial charge in [-0.2, -0.15) is 0 Å². The average Bonchev–Trinajstić information content (AvgIpc) is 2.67. The average molecular weight is 190 g/mol. The van der Waals surface area contributed by atoms with Crippen molar-refractivity contribution in [2.24, 2.45) is 0 Å². The van der Waals surface area contributed by atoms with E-state index in [1.165, 1.54) is 24.2 Å². The lowest BCUT2D eigenvalue weighted by Gasteiger charge is -2.18. The zero-order valence-corrected chi connectivity index (χ0v) is 8.96. The first-order valence-corrected chi connectivity index (χ1v) is 5.28. The number of likely N-dealkylation sites (N-methyl/N-ethyl adjacent to an activating group) is 1. The van der Waals surface area contributed by atoms with Crippen molar-refractivity contribution in [1.82, 2.24) is 5.32 Å². The molecule has 2 nitrogen and oxygen atoms in total. The zero-order chi connectivity index (χ0) is 9.97. The maximum atomic E-state index is 3.33. The second-order valence-electron chi connectivity index (χ2n) is 4.06. The Balaban J connectivity index is 2.06. The highest BCUT2D eigenvalue weighted by atomic mass is 15.2. The SMILES string of the molecule is CN[C@@H]1CCN(c2ccc(C)cc2)C1. The second-order valence-corrected chi connectivity index (χ2v) is 4.06. The van der Waals surface area contributed by atoms with Crippen LogP contribution in [0.4, 0.5) is 5.69 Å². The summed E-state index contributed by atoms with van der Waals surface area (Å²) in [6.45, 7) is 4.44. The van der Waals surface area contributed by atoms with E-state index in [-0.39, 0.29) is 0 Å². The van der Waals surface area contributed by atoms with Gasteiger partial charge in [0.1, 0.15) is 0 Å². The minimum Gasteiger partial charge on any atom is -0.370 e. The summed E-state index contributed by atoms with van der Waals surface area (Å²) in [6, 6.07) is 9.46. The maximum absolute atomic E-state index is 3.33. The summed E-state index contributed by atoms with van der Waals surface area (Å²) >= 11 is 0. The molecule has 1 fully saturated rings. The number of hydrogen-bond donors (Lipinski definition) is 1. The lowest BCUT2D eigenvalue weighted by molar-refractivity contribution is 0.617. The molecule has 1 saturated heterocycles. The smallest absolute Gasteiger partial charge is 0.0366 e. The van der Waals surface area contributed by atoms with Crippen LogP contribution in [0.2, 0.25) is 0 Å². The van der Waals surface area contributed by atoms with Crippen LogP contribution in [0.1, 0.15) is 12.0 Å². The van der Waals surface area contributed by atoms with Crippen molar-refractivity contribution in [2.45, 2.75) is 19.4 Å². The highest BCUT2D eigenvalue weighted by Gasteiger charge is 2.20. The molecule has 14 heavy (non-hydrogen) atoms. The van der Waals surface area contributed by atoms with E-state index in [1.807, 2.05) is 7.05 Å². The Bertz CT molecular complexity index is 292. The lowest BCUT2D eigenvalue weighted by atomic mass is 10.2. The molecule has 0 bridgehead atoms. The van der Waals surface area contributed by atoms with Crippen molar-refractivity contribution >= 4 is 5.69 Å². The molecular formula is C12H18N2. The first-order chi connectivity index (χ1) is 6.79. The highest BCUT2D eigenvalue weighted by molar-refractivity contribution is 5.48. The predicted molar refractivity (Wildman–Crippen MR) is 60.9 cm³/mol. The molecule has 1 N–H and O–H groups in total. The van der Waals surface area contributed by atoms with Gasteiger partial charge in [0, 0.05) is 24.8 Å². The largest absolute Gasteiger partial charge is 0.370 e. The van der Waals surface area contributed by atoms with Crippen LogP contribution in [0.15, 0.2) is 24.3 Å². The van der Waals surface area contributed by atoms with Crippen molar-refractivity contribution in [3.63, 3.8) is 0 Å². The quantitative estimate of drug-likeness (QED) is 0.765. The Morgan fingerprint density at radius 3 is 2.57 bits per heavy atom. The Hall–Kier alpha value is -1.02. The third kappa shape index (κ3) is 1.90. The van der Waals surface area contributed by atoms with Gasteiger partial charge in [0.05, 0.1) is 0 Å². The molecular weight excluding hydrogens is 172 g/mol. The van der Waals surface area contributed by atoms with Crippen molar-refractivity contribution in [3.8, 4) is 0 Å². The molecule has 1 aliphatic rings. The van der Waals surface area contributed by atoms with Gasteiger partial charge in [-0.1, -0.05) is 17.7 Å². The monoisotopic (exact) mass is 190 g/mol. The minimum atomic E-state index is 0.663. The Labute approximate surface area is 85.9 Å². The van der Waals surface area contributed by atoms with Crippen LogP contribution in [0.25, 0.3) is 0 Å². The number of hydrogen-bond acceptors (Lipinski definition) is 2. The Morgan fingerprint density at radius 2 is 2.00 bits per heavy atom. The molecule has 1 heterocycles. The molecule has 0 radical (unpaired) electrons. The van der Waals surface area contributed by atoms with Crippen LogP contribution >= 0.6 is 0 Å². The van der Waals surface area contributed by atoms with E-state index < -0.39 is 0 Å². The number of nitrogens with zero attached hydrogens (tertiary/aromatic N) is 1. The predicted octanol–water partition coefficient (Wildman–Crippen LogP) is 1.79. The third-order valence-electron chi connectivity index (χ3n) is 3.00. The van der Waals surface area contributed by atoms with Crippen molar-refractivity contribution in [3.05, 3.63) is 29.8 Å². The summed E-state index contributed by atoms with van der Waals surface area (Å²) in [5.41, 5.74) is 2.69. The second kappa shape index (κ2) is 4.01. The van der Waals surface area contributed by atoms with E-state index in [0.717, 1.165) is 6.54 Å². The maximum Gasteiger partial charge on any atom is 0.0366 e. The van der Waals surface area contributed by atoms with E-state index in [4.69, 9.17) is 0 Å². The summed E-state index contributed by atoms with van der Waals surface area (Å²) in [6.07, 6.45) is 1.25. The van der Waals surface area contributed by atoms with Crippen LogP contribution < -0.4 is 10.2 Å². The number of aryl methyl sites for hydroxylation is 1. The molecule has 1 aromatic carbocycles. The first kappa shape index (κ1) is 9.53. The van der Waals surface area contributed by atoms with Crippen LogP contribution in [0.5, 0.6) is 0 Å². The fourth-order valence-electron chi connectivity index (χ4n) is 1.99. The van der Waals surface area contributed by atoms with Crippen molar-refractivity contribution in [2.75, 3.05) is 25.0 Å². The number of benzene rings is 1. The Morgan fingerprint density at radius 1 is 1.29 bits per heavy atom. The van der Waals surface area contributed by atoms with Gasteiger partial charge in [0.2, 0.25) is 0 Å². The molecule has 0 unspecified atom stereocenters. The molecule has 0 saturated carbocycles. The van der Waals surface area contributed by atoms with Gasteiger partial charge in [-0.3, -0.25) is 0 Å². The highest BCUT2D eigenvalue weighted by Crippen LogP contribution is 2.20. The fraction of sp³-hybridized carbons (Fsp3) is 0.500. The standard InChI is InChI=1S/C12H18N2/c1-10-3-5-12(6-4-10)14-8-7-11(9-14)13-2/h3-6,11,13H,7-9H2,1-2H3/t11-/m1/s1. The third-order valence-corrected chi connectivity index (χ3v) is 3.00. The van der Waals surface area contributed by atoms with E-state index in [9.17, 15) is 0 Å². The summed E-state index contributed by atoms with van der Waals surface area (Å²) in [7, 11) is 2.04. The van der Waals surface area contributed by atoms with Crippen LogP contribution in [-0.2, 0) is 0 Å². The van der Waals surface area contributed by atoms with E-state index in [2.05, 4.69) is 41.4 Å². The normalized spacial score (nSPS) is 21.6. The molecule has 2 rings (SSSR count). The molecule has 0 spiro atoms. The van der Waals surface area contributed by atoms with Gasteiger partial charge in [-0.05, 0) is 32.5 Å². The molecule has 1 aromatic rings. The lowest BCUT2D eigenvalue weighted by Crippen LogP contribution is -2.29. The van der Waals surface area contributed by atoms with E-state index in [0.29, 0.717) is 6.04 Å². The van der Waals surface area contributed by atoms with Crippen LogP contribution in [0.3, 0.4) is 0 Å². The van der Waals surface area contributed by atoms with Gasteiger partial charge in [0.15, 0.2) is 0 Å². The Kier molecular flexibility index (Phi) is 2.73. The molecule has 76 valence electrons. The van der Waals surface area contributed by atoms with Crippen LogP contribution in [0, 0.1) is 6.92 Å². The van der Waals surface area contributed by atoms with E-state index >= 15 is 0 Å². The molecule has 0 amide bonds. The van der Waals surface area contributed by atoms with Gasteiger partial charge in [-0.25, -0.2) is 0 Å². The first-order valence-electron chi connectivity index (χ1n) is 5.28. The zero-order valence-electron chi connectivity index (χ0n) is 8.96. The summed E-state index contributed by atoms with van der Waals surface area (Å²) in [5.74, 6) is 0. The van der Waals surface area contributed by atoms with Crippen LogP contribution in [-0.4, -0.2) is 26.2 Å². The minimum absolute atomic E-state index is 0.663. The number of nitrogens with one attached hydrogen (secondary N) is 1. The van der Waals surface area contributed by atoms with Crippen molar-refractivity contribution in [1.29, 1.82) is 0 Å². The van der Waals surface area contributed by atoms with Gasteiger partial charge in [0.25, 0.3) is 0 Å². The molecule has 1 aliphatic heterocycles. The number of anilines is 1. The molecule has 2 heteroatoms. The summed E-state index contributed by atoms with van der Waals surface area (Å²) in [5, 5.41) is 3.33. The van der Waals surface area contributed by atoms with E-state index in [1.54, 1.807) is 0 Å².